The van der Waals surface area contributed by atoms with Crippen molar-refractivity contribution in [2.75, 3.05) is 6.61 Å². The second kappa shape index (κ2) is 11.8. The van der Waals surface area contributed by atoms with Crippen LogP contribution in [0.15, 0.2) is 78.4 Å². The number of rotatable bonds is 7. The largest absolute Gasteiger partial charge is 0.508 e. The maximum absolute atomic E-state index is 10.5. The van der Waals surface area contributed by atoms with Crippen LogP contribution < -0.4 is 0 Å². The number of carbonyl (C=O) groups excluding carboxylic acids is 1. The first-order valence-corrected chi connectivity index (χ1v) is 10.2. The maximum Gasteiger partial charge on any atom is 0.145 e. The number of benzene rings is 2. The SMILES string of the molecule is CC.CC/C(=C(/C1=CCC(OCC=O)C=C1)c1ccc(O)cc1)c1ccccc1. The minimum Gasteiger partial charge on any atom is -0.508 e. The maximum atomic E-state index is 10.5. The summed E-state index contributed by atoms with van der Waals surface area (Å²) in [6, 6.07) is 17.7. The molecular weight excluding hydrogens is 360 g/mol. The lowest BCUT2D eigenvalue weighted by atomic mass is 9.85. The van der Waals surface area contributed by atoms with Crippen LogP contribution in [0.1, 0.15) is 44.7 Å². The third kappa shape index (κ3) is 6.03. The van der Waals surface area contributed by atoms with Crippen molar-refractivity contribution in [1.82, 2.24) is 0 Å². The molecule has 0 aliphatic heterocycles. The Hall–Kier alpha value is -2.91. The number of hydrogen-bond donors (Lipinski definition) is 1. The molecule has 0 heterocycles. The fraction of sp³-hybridized carbons (Fsp3) is 0.269. The fourth-order valence-electron chi connectivity index (χ4n) is 3.38. The minimum absolute atomic E-state index is 0.0678. The zero-order valence-corrected chi connectivity index (χ0v) is 17.5. The summed E-state index contributed by atoms with van der Waals surface area (Å²) >= 11 is 0. The highest BCUT2D eigenvalue weighted by atomic mass is 16.5. The lowest BCUT2D eigenvalue weighted by Gasteiger charge is -2.21. The van der Waals surface area contributed by atoms with Crippen molar-refractivity contribution in [2.24, 2.45) is 0 Å². The molecule has 29 heavy (non-hydrogen) atoms. The lowest BCUT2D eigenvalue weighted by Crippen LogP contribution is -2.13. The van der Waals surface area contributed by atoms with Crippen LogP contribution in [0.4, 0.5) is 0 Å². The molecule has 1 aliphatic rings. The van der Waals surface area contributed by atoms with Crippen LogP contribution in [0.2, 0.25) is 0 Å². The molecule has 0 radical (unpaired) electrons. The van der Waals surface area contributed by atoms with E-state index in [1.165, 1.54) is 11.1 Å². The average Bonchev–Trinajstić information content (AvgIpc) is 2.79. The number of hydrogen-bond acceptors (Lipinski definition) is 3. The molecule has 3 nitrogen and oxygen atoms in total. The Morgan fingerprint density at radius 3 is 2.31 bits per heavy atom. The molecular formula is C26H30O3. The van der Waals surface area contributed by atoms with E-state index >= 15 is 0 Å². The Morgan fingerprint density at radius 2 is 1.76 bits per heavy atom. The van der Waals surface area contributed by atoms with Gasteiger partial charge in [0, 0.05) is 0 Å². The van der Waals surface area contributed by atoms with E-state index < -0.39 is 0 Å². The Labute approximate surface area is 174 Å². The Balaban J connectivity index is 0.00000145. The molecule has 0 saturated heterocycles. The van der Waals surface area contributed by atoms with Crippen LogP contribution in [0, 0.1) is 0 Å². The highest BCUT2D eigenvalue weighted by molar-refractivity contribution is 5.99. The first-order valence-electron chi connectivity index (χ1n) is 10.2. The van der Waals surface area contributed by atoms with E-state index in [1.807, 2.05) is 50.3 Å². The molecule has 2 aromatic carbocycles. The average molecular weight is 391 g/mol. The summed E-state index contributed by atoms with van der Waals surface area (Å²) in [6.07, 6.45) is 8.57. The van der Waals surface area contributed by atoms with E-state index in [2.05, 4.69) is 31.2 Å². The van der Waals surface area contributed by atoms with Gasteiger partial charge in [-0.05, 0) is 52.8 Å². The van der Waals surface area contributed by atoms with Gasteiger partial charge in [-0.15, -0.1) is 0 Å². The van der Waals surface area contributed by atoms with Gasteiger partial charge in [0.05, 0.1) is 6.10 Å². The molecule has 152 valence electrons. The Bertz CT molecular complexity index is 859. The third-order valence-corrected chi connectivity index (χ3v) is 4.66. The summed E-state index contributed by atoms with van der Waals surface area (Å²) in [5.41, 5.74) is 5.80. The third-order valence-electron chi connectivity index (χ3n) is 4.66. The predicted octanol–water partition coefficient (Wildman–Crippen LogP) is 6.21. The number of allylic oxidation sites excluding steroid dienone is 4. The van der Waals surface area contributed by atoms with Crippen molar-refractivity contribution >= 4 is 17.4 Å². The van der Waals surface area contributed by atoms with E-state index in [9.17, 15) is 9.90 Å². The van der Waals surface area contributed by atoms with Gasteiger partial charge < -0.3 is 14.6 Å². The molecule has 1 atom stereocenters. The van der Waals surface area contributed by atoms with Gasteiger partial charge >= 0.3 is 0 Å². The second-order valence-corrected chi connectivity index (χ2v) is 6.41. The lowest BCUT2D eigenvalue weighted by molar-refractivity contribution is -0.112. The summed E-state index contributed by atoms with van der Waals surface area (Å²) in [4.78, 5) is 10.5. The van der Waals surface area contributed by atoms with Gasteiger partial charge in [0.15, 0.2) is 0 Å². The number of aromatic hydroxyl groups is 1. The van der Waals surface area contributed by atoms with E-state index in [1.54, 1.807) is 12.1 Å². The topological polar surface area (TPSA) is 46.5 Å². The Morgan fingerprint density at radius 1 is 1.07 bits per heavy atom. The van der Waals surface area contributed by atoms with Crippen molar-refractivity contribution in [2.45, 2.75) is 39.7 Å². The fourth-order valence-corrected chi connectivity index (χ4v) is 3.38. The van der Waals surface area contributed by atoms with Crippen molar-refractivity contribution in [3.8, 4) is 5.75 Å². The molecule has 0 fully saturated rings. The first kappa shape index (κ1) is 22.4. The highest BCUT2D eigenvalue weighted by Gasteiger charge is 2.17. The molecule has 3 rings (SSSR count). The molecule has 0 amide bonds. The zero-order valence-electron chi connectivity index (χ0n) is 17.5. The minimum atomic E-state index is -0.0678. The van der Waals surface area contributed by atoms with Gasteiger partial charge in [0.2, 0.25) is 0 Å². The molecule has 2 aromatic rings. The van der Waals surface area contributed by atoms with E-state index in [0.717, 1.165) is 35.8 Å². The Kier molecular flexibility index (Phi) is 9.13. The predicted molar refractivity (Wildman–Crippen MR) is 121 cm³/mol. The van der Waals surface area contributed by atoms with Gasteiger partial charge in [0.1, 0.15) is 18.6 Å². The van der Waals surface area contributed by atoms with Gasteiger partial charge in [0.25, 0.3) is 0 Å². The summed E-state index contributed by atoms with van der Waals surface area (Å²) in [5.74, 6) is 0.256. The van der Waals surface area contributed by atoms with E-state index in [-0.39, 0.29) is 18.5 Å². The molecule has 0 saturated carbocycles. The van der Waals surface area contributed by atoms with Gasteiger partial charge in [-0.2, -0.15) is 0 Å². The monoisotopic (exact) mass is 390 g/mol. The first-order chi connectivity index (χ1) is 14.2. The van der Waals surface area contributed by atoms with Crippen molar-refractivity contribution < 1.29 is 14.6 Å². The van der Waals surface area contributed by atoms with Crippen LogP contribution in [0.25, 0.3) is 11.1 Å². The van der Waals surface area contributed by atoms with Crippen LogP contribution >= 0.6 is 0 Å². The molecule has 3 heteroatoms. The normalized spacial score (nSPS) is 16.2. The number of carbonyl (C=O) groups is 1. The quantitative estimate of drug-likeness (QED) is 0.451. The summed E-state index contributed by atoms with van der Waals surface area (Å²) in [5, 5.41) is 9.69. The van der Waals surface area contributed by atoms with Crippen molar-refractivity contribution in [1.29, 1.82) is 0 Å². The zero-order chi connectivity index (χ0) is 21.1. The van der Waals surface area contributed by atoms with Crippen molar-refractivity contribution in [3.05, 3.63) is 89.5 Å². The van der Waals surface area contributed by atoms with Crippen LogP contribution in [0.3, 0.4) is 0 Å². The summed E-state index contributed by atoms with van der Waals surface area (Å²) < 4.78 is 5.50. The van der Waals surface area contributed by atoms with Crippen molar-refractivity contribution in [3.63, 3.8) is 0 Å². The molecule has 0 aromatic heterocycles. The summed E-state index contributed by atoms with van der Waals surface area (Å²) in [6.45, 7) is 6.27. The van der Waals surface area contributed by atoms with Crippen LogP contribution in [-0.4, -0.2) is 24.1 Å². The van der Waals surface area contributed by atoms with Crippen LogP contribution in [0.5, 0.6) is 5.75 Å². The molecule has 0 spiro atoms. The summed E-state index contributed by atoms with van der Waals surface area (Å²) in [7, 11) is 0. The smallest absolute Gasteiger partial charge is 0.145 e. The van der Waals surface area contributed by atoms with Gasteiger partial charge in [-0.1, -0.05) is 81.5 Å². The standard InChI is InChI=1S/C24H24O3.C2H6/c1-2-23(18-6-4-3-5-7-18)24(19-8-12-21(26)13-9-19)20-10-14-22(15-11-20)27-17-16-25;1-2/h3-14,16,22,26H,2,15,17H2,1H3;1-2H3/b24-23-;. The number of aldehydes is 1. The van der Waals surface area contributed by atoms with Gasteiger partial charge in [-0.25, -0.2) is 0 Å². The number of phenolic OH excluding ortho intramolecular Hbond substituents is 1. The molecule has 1 unspecified atom stereocenters. The number of phenols is 1. The van der Waals surface area contributed by atoms with Crippen LogP contribution in [-0.2, 0) is 9.53 Å². The second-order valence-electron chi connectivity index (χ2n) is 6.41. The molecule has 0 bridgehead atoms. The number of ether oxygens (including phenoxy) is 1. The molecule has 1 aliphatic carbocycles. The van der Waals surface area contributed by atoms with E-state index in [4.69, 9.17) is 4.74 Å². The molecule has 1 N–H and O–H groups in total. The van der Waals surface area contributed by atoms with E-state index in [0.29, 0.717) is 0 Å². The van der Waals surface area contributed by atoms with Gasteiger partial charge in [-0.3, -0.25) is 0 Å². The highest BCUT2D eigenvalue weighted by Crippen LogP contribution is 2.37.